The predicted molar refractivity (Wildman–Crippen MR) is 83.0 cm³/mol. The topological polar surface area (TPSA) is 58.4 Å². The summed E-state index contributed by atoms with van der Waals surface area (Å²) in [5, 5.41) is 4.01. The summed E-state index contributed by atoms with van der Waals surface area (Å²) in [6.45, 7) is 5.05. The van der Waals surface area contributed by atoms with E-state index in [1.807, 2.05) is 24.3 Å². The Morgan fingerprint density at radius 2 is 1.95 bits per heavy atom. The zero-order valence-corrected chi connectivity index (χ0v) is 12.6. The number of nitrogens with two attached hydrogens (primary N) is 1. The molecule has 5 heteroatoms. The van der Waals surface area contributed by atoms with E-state index in [0.29, 0.717) is 5.02 Å². The van der Waals surface area contributed by atoms with Gasteiger partial charge in [-0.05, 0) is 50.1 Å². The van der Waals surface area contributed by atoms with Gasteiger partial charge in [0.15, 0.2) is 0 Å². The minimum absolute atomic E-state index is 0.274. The molecule has 1 aliphatic rings. The van der Waals surface area contributed by atoms with Crippen molar-refractivity contribution in [2.24, 2.45) is 5.73 Å². The number of halogens is 1. The lowest BCUT2D eigenvalue weighted by molar-refractivity contribution is -0.123. The van der Waals surface area contributed by atoms with Gasteiger partial charge in [0.2, 0.25) is 5.91 Å². The Bertz CT molecular complexity index is 453. The zero-order valence-electron chi connectivity index (χ0n) is 11.9. The van der Waals surface area contributed by atoms with E-state index in [4.69, 9.17) is 17.3 Å². The summed E-state index contributed by atoms with van der Waals surface area (Å²) >= 11 is 5.88. The molecule has 4 nitrogen and oxygen atoms in total. The molecule has 0 radical (unpaired) electrons. The molecule has 1 aromatic rings. The Kier molecular flexibility index (Phi) is 4.89. The quantitative estimate of drug-likeness (QED) is 0.877. The Hall–Kier alpha value is -1.26. The van der Waals surface area contributed by atoms with Crippen molar-refractivity contribution in [3.05, 3.63) is 29.3 Å². The van der Waals surface area contributed by atoms with Gasteiger partial charge in [-0.15, -0.1) is 0 Å². The summed E-state index contributed by atoms with van der Waals surface area (Å²) in [5.41, 5.74) is 5.90. The van der Waals surface area contributed by atoms with Crippen molar-refractivity contribution >= 4 is 23.2 Å². The number of anilines is 1. The fourth-order valence-electron chi connectivity index (χ4n) is 2.72. The second-order valence-corrected chi connectivity index (χ2v) is 5.86. The standard InChI is InChI=1S/C15H22ClN3O/c1-2-9-19-10-7-15(8-11-19,14(17)20)18-13-5-3-12(16)4-6-13/h3-6,18H,2,7-11H2,1H3,(H2,17,20). The van der Waals surface area contributed by atoms with Crippen LogP contribution >= 0.6 is 11.6 Å². The van der Waals surface area contributed by atoms with Gasteiger partial charge in [0.05, 0.1) is 0 Å². The normalized spacial score (nSPS) is 18.7. The molecule has 1 amide bonds. The van der Waals surface area contributed by atoms with E-state index >= 15 is 0 Å². The van der Waals surface area contributed by atoms with Crippen LogP contribution in [0.15, 0.2) is 24.3 Å². The van der Waals surface area contributed by atoms with Crippen LogP contribution in [0.4, 0.5) is 5.69 Å². The number of nitrogens with zero attached hydrogens (tertiary/aromatic N) is 1. The molecule has 1 fully saturated rings. The summed E-state index contributed by atoms with van der Waals surface area (Å²) in [6.07, 6.45) is 2.62. The number of benzene rings is 1. The second kappa shape index (κ2) is 6.46. The summed E-state index contributed by atoms with van der Waals surface area (Å²) in [6, 6.07) is 7.38. The number of carbonyl (C=O) groups excluding carboxylic acids is 1. The maximum Gasteiger partial charge on any atom is 0.243 e. The molecule has 110 valence electrons. The number of likely N-dealkylation sites (tertiary alicyclic amines) is 1. The van der Waals surface area contributed by atoms with Crippen molar-refractivity contribution in [2.75, 3.05) is 25.0 Å². The average Bonchev–Trinajstić information content (AvgIpc) is 2.44. The number of hydrogen-bond donors (Lipinski definition) is 2. The van der Waals surface area contributed by atoms with Crippen LogP contribution in [-0.4, -0.2) is 36.0 Å². The van der Waals surface area contributed by atoms with Crippen LogP contribution in [0.25, 0.3) is 0 Å². The predicted octanol–water partition coefficient (Wildman–Crippen LogP) is 2.48. The van der Waals surface area contributed by atoms with Crippen molar-refractivity contribution in [3.8, 4) is 0 Å². The van der Waals surface area contributed by atoms with Crippen LogP contribution in [0.3, 0.4) is 0 Å². The van der Waals surface area contributed by atoms with Crippen molar-refractivity contribution in [2.45, 2.75) is 31.7 Å². The Balaban J connectivity index is 2.08. The molecule has 1 heterocycles. The lowest BCUT2D eigenvalue weighted by Gasteiger charge is -2.40. The molecule has 20 heavy (non-hydrogen) atoms. The number of nitrogens with one attached hydrogen (secondary N) is 1. The molecule has 1 aromatic carbocycles. The van der Waals surface area contributed by atoms with E-state index in [1.165, 1.54) is 0 Å². The fraction of sp³-hybridized carbons (Fsp3) is 0.533. The molecular weight excluding hydrogens is 274 g/mol. The van der Waals surface area contributed by atoms with E-state index in [0.717, 1.165) is 44.6 Å². The minimum atomic E-state index is -0.641. The number of rotatable bonds is 5. The molecule has 0 atom stereocenters. The third-order valence-electron chi connectivity index (χ3n) is 3.95. The molecule has 3 N–H and O–H groups in total. The van der Waals surface area contributed by atoms with Crippen molar-refractivity contribution in [1.82, 2.24) is 4.90 Å². The molecule has 0 unspecified atom stereocenters. The molecule has 0 aromatic heterocycles. The van der Waals surface area contributed by atoms with Gasteiger partial charge in [-0.25, -0.2) is 0 Å². The van der Waals surface area contributed by atoms with E-state index in [9.17, 15) is 4.79 Å². The number of piperidine rings is 1. The van der Waals surface area contributed by atoms with Crippen LogP contribution < -0.4 is 11.1 Å². The molecule has 1 aliphatic heterocycles. The highest BCUT2D eigenvalue weighted by molar-refractivity contribution is 6.30. The van der Waals surface area contributed by atoms with E-state index in [1.54, 1.807) is 0 Å². The minimum Gasteiger partial charge on any atom is -0.371 e. The molecule has 0 spiro atoms. The molecule has 1 saturated heterocycles. The van der Waals surface area contributed by atoms with Gasteiger partial charge in [0.1, 0.15) is 5.54 Å². The number of carbonyl (C=O) groups is 1. The highest BCUT2D eigenvalue weighted by Crippen LogP contribution is 2.27. The summed E-state index contributed by atoms with van der Waals surface area (Å²) in [5.74, 6) is -0.274. The van der Waals surface area contributed by atoms with Crippen LogP contribution in [0.2, 0.25) is 5.02 Å². The maximum absolute atomic E-state index is 11.9. The lowest BCUT2D eigenvalue weighted by Crippen LogP contribution is -2.57. The van der Waals surface area contributed by atoms with Gasteiger partial charge < -0.3 is 16.0 Å². The first-order chi connectivity index (χ1) is 9.55. The molecular formula is C15H22ClN3O. The van der Waals surface area contributed by atoms with Gasteiger partial charge in [0.25, 0.3) is 0 Å². The van der Waals surface area contributed by atoms with Crippen LogP contribution in [0.1, 0.15) is 26.2 Å². The van der Waals surface area contributed by atoms with Gasteiger partial charge in [0, 0.05) is 23.8 Å². The number of hydrogen-bond acceptors (Lipinski definition) is 3. The van der Waals surface area contributed by atoms with Crippen LogP contribution in [0.5, 0.6) is 0 Å². The maximum atomic E-state index is 11.9. The van der Waals surface area contributed by atoms with E-state index < -0.39 is 5.54 Å². The first-order valence-corrected chi connectivity index (χ1v) is 7.49. The summed E-state index contributed by atoms with van der Waals surface area (Å²) in [7, 11) is 0. The van der Waals surface area contributed by atoms with Gasteiger partial charge in [-0.3, -0.25) is 4.79 Å². The Morgan fingerprint density at radius 1 is 1.35 bits per heavy atom. The first-order valence-electron chi connectivity index (χ1n) is 7.12. The highest BCUT2D eigenvalue weighted by atomic mass is 35.5. The third kappa shape index (κ3) is 3.44. The van der Waals surface area contributed by atoms with Crippen LogP contribution in [-0.2, 0) is 4.79 Å². The fourth-order valence-corrected chi connectivity index (χ4v) is 2.84. The van der Waals surface area contributed by atoms with Gasteiger partial charge >= 0.3 is 0 Å². The number of primary amides is 1. The SMILES string of the molecule is CCCN1CCC(Nc2ccc(Cl)cc2)(C(N)=O)CC1. The molecule has 0 bridgehead atoms. The lowest BCUT2D eigenvalue weighted by atomic mass is 9.86. The van der Waals surface area contributed by atoms with Gasteiger partial charge in [-0.1, -0.05) is 18.5 Å². The van der Waals surface area contributed by atoms with Gasteiger partial charge in [-0.2, -0.15) is 0 Å². The Labute approximate surface area is 125 Å². The van der Waals surface area contributed by atoms with E-state index in [-0.39, 0.29) is 5.91 Å². The average molecular weight is 296 g/mol. The largest absolute Gasteiger partial charge is 0.371 e. The van der Waals surface area contributed by atoms with E-state index in [2.05, 4.69) is 17.1 Å². The molecule has 0 saturated carbocycles. The molecule has 0 aliphatic carbocycles. The number of amides is 1. The Morgan fingerprint density at radius 3 is 2.45 bits per heavy atom. The van der Waals surface area contributed by atoms with Crippen molar-refractivity contribution < 1.29 is 4.79 Å². The monoisotopic (exact) mass is 295 g/mol. The third-order valence-corrected chi connectivity index (χ3v) is 4.20. The summed E-state index contributed by atoms with van der Waals surface area (Å²) in [4.78, 5) is 14.3. The second-order valence-electron chi connectivity index (χ2n) is 5.42. The van der Waals surface area contributed by atoms with Crippen LogP contribution in [0, 0.1) is 0 Å². The summed E-state index contributed by atoms with van der Waals surface area (Å²) < 4.78 is 0. The molecule has 2 rings (SSSR count). The smallest absolute Gasteiger partial charge is 0.243 e. The van der Waals surface area contributed by atoms with Crippen molar-refractivity contribution in [1.29, 1.82) is 0 Å². The zero-order chi connectivity index (χ0) is 14.6. The first kappa shape index (κ1) is 15.1. The van der Waals surface area contributed by atoms with Crippen molar-refractivity contribution in [3.63, 3.8) is 0 Å². The highest BCUT2D eigenvalue weighted by Gasteiger charge is 2.39.